The number of methoxy groups -OCH3 is 2. The number of aryl methyl sites for hydroxylation is 2. The Bertz CT molecular complexity index is 1290. The Morgan fingerprint density at radius 3 is 2.55 bits per heavy atom. The molecule has 10 heteroatoms. The summed E-state index contributed by atoms with van der Waals surface area (Å²) >= 11 is 0. The van der Waals surface area contributed by atoms with Crippen LogP contribution < -0.4 is 30.8 Å². The molecule has 2 heterocycles. The fourth-order valence-corrected chi connectivity index (χ4v) is 3.57. The average Bonchev–Trinajstić information content (AvgIpc) is 2.81. The summed E-state index contributed by atoms with van der Waals surface area (Å²) in [6, 6.07) is 5.50. The lowest BCUT2D eigenvalue weighted by atomic mass is 10.1. The lowest BCUT2D eigenvalue weighted by molar-refractivity contribution is -0.121. The third-order valence-corrected chi connectivity index (χ3v) is 5.26. The van der Waals surface area contributed by atoms with Crippen molar-refractivity contribution in [2.45, 2.75) is 26.8 Å². The van der Waals surface area contributed by atoms with E-state index in [0.29, 0.717) is 42.4 Å². The van der Waals surface area contributed by atoms with Gasteiger partial charge in [0.25, 0.3) is 5.56 Å². The first-order valence-electron chi connectivity index (χ1n) is 10.5. The number of amides is 1. The lowest BCUT2D eigenvalue weighted by Crippen LogP contribution is -2.43. The van der Waals surface area contributed by atoms with Crippen molar-refractivity contribution in [3.8, 4) is 17.2 Å². The second-order valence-corrected chi connectivity index (χ2v) is 7.42. The highest BCUT2D eigenvalue weighted by Crippen LogP contribution is 2.27. The Morgan fingerprint density at radius 2 is 1.88 bits per heavy atom. The smallest absolute Gasteiger partial charge is 0.332 e. The van der Waals surface area contributed by atoms with Crippen molar-refractivity contribution in [2.75, 3.05) is 27.4 Å². The van der Waals surface area contributed by atoms with E-state index < -0.39 is 23.7 Å². The molecule has 0 fully saturated rings. The third kappa shape index (κ3) is 4.84. The van der Waals surface area contributed by atoms with Gasteiger partial charge in [0.05, 0.1) is 20.8 Å². The molecule has 3 rings (SSSR count). The monoisotopic (exact) mass is 456 g/mol. The third-order valence-electron chi connectivity index (χ3n) is 5.26. The normalized spacial score (nSPS) is 10.8. The summed E-state index contributed by atoms with van der Waals surface area (Å²) in [6.07, 6.45) is 2.09. The summed E-state index contributed by atoms with van der Waals surface area (Å²) in [7, 11) is 4.62. The number of aromatic nitrogens is 3. The first-order valence-corrected chi connectivity index (χ1v) is 10.5. The second kappa shape index (κ2) is 10.2. The number of benzene rings is 1. The molecule has 10 nitrogen and oxygen atoms in total. The first kappa shape index (κ1) is 23.8. The number of nitrogens with one attached hydrogen (secondary N) is 1. The molecule has 0 aliphatic carbocycles. The molecule has 1 amide bonds. The SMILES string of the molecule is CCOc1c(C)cnc2c1c(=O)n(CC(=O)NCCc1ccc(OC)c(OC)c1)c(=O)n2C. The fraction of sp³-hybridized carbons (Fsp3) is 0.391. The number of hydrogen-bond donors (Lipinski definition) is 1. The number of pyridine rings is 1. The summed E-state index contributed by atoms with van der Waals surface area (Å²) in [5.41, 5.74) is 0.592. The van der Waals surface area contributed by atoms with Gasteiger partial charge in [-0.25, -0.2) is 14.3 Å². The number of carbonyl (C=O) groups is 1. The Kier molecular flexibility index (Phi) is 7.37. The van der Waals surface area contributed by atoms with Gasteiger partial charge in [-0.05, 0) is 38.0 Å². The Morgan fingerprint density at radius 1 is 1.15 bits per heavy atom. The summed E-state index contributed by atoms with van der Waals surface area (Å²) in [5.74, 6) is 1.13. The van der Waals surface area contributed by atoms with Crippen molar-refractivity contribution in [3.05, 3.63) is 56.4 Å². The maximum Gasteiger partial charge on any atom is 0.332 e. The Hall–Kier alpha value is -3.82. The van der Waals surface area contributed by atoms with Gasteiger partial charge in [0, 0.05) is 25.4 Å². The number of hydrogen-bond acceptors (Lipinski definition) is 7. The summed E-state index contributed by atoms with van der Waals surface area (Å²) in [5, 5.41) is 2.93. The van der Waals surface area contributed by atoms with E-state index in [1.54, 1.807) is 40.3 Å². The molecule has 0 bridgehead atoms. The average molecular weight is 456 g/mol. The molecule has 0 aliphatic heterocycles. The molecule has 1 N–H and O–H groups in total. The maximum absolute atomic E-state index is 13.1. The summed E-state index contributed by atoms with van der Waals surface area (Å²) in [6.45, 7) is 3.83. The van der Waals surface area contributed by atoms with Crippen molar-refractivity contribution < 1.29 is 19.0 Å². The van der Waals surface area contributed by atoms with E-state index in [1.807, 2.05) is 12.1 Å². The molecule has 0 spiro atoms. The van der Waals surface area contributed by atoms with E-state index >= 15 is 0 Å². The predicted octanol–water partition coefficient (Wildman–Crippen LogP) is 1.18. The van der Waals surface area contributed by atoms with Gasteiger partial charge in [0.2, 0.25) is 5.91 Å². The van der Waals surface area contributed by atoms with Gasteiger partial charge in [0.1, 0.15) is 17.7 Å². The van der Waals surface area contributed by atoms with Gasteiger partial charge in [-0.1, -0.05) is 6.07 Å². The van der Waals surface area contributed by atoms with Crippen LogP contribution in [0.2, 0.25) is 0 Å². The number of nitrogens with zero attached hydrogens (tertiary/aromatic N) is 3. The van der Waals surface area contributed by atoms with Crippen LogP contribution in [0.5, 0.6) is 17.2 Å². The molecule has 33 heavy (non-hydrogen) atoms. The molecule has 0 aliphatic rings. The van der Waals surface area contributed by atoms with Crippen molar-refractivity contribution >= 4 is 16.9 Å². The predicted molar refractivity (Wildman–Crippen MR) is 123 cm³/mol. The minimum atomic E-state index is -0.624. The number of ether oxygens (including phenoxy) is 3. The van der Waals surface area contributed by atoms with Crippen LogP contribution in [0, 0.1) is 6.92 Å². The molecule has 0 radical (unpaired) electrons. The molecule has 0 atom stereocenters. The highest BCUT2D eigenvalue weighted by atomic mass is 16.5. The van der Waals surface area contributed by atoms with Gasteiger partial charge in [-0.15, -0.1) is 0 Å². The van der Waals surface area contributed by atoms with Crippen LogP contribution in [0.3, 0.4) is 0 Å². The fourth-order valence-electron chi connectivity index (χ4n) is 3.57. The molecular formula is C23H28N4O6. The molecule has 0 unspecified atom stereocenters. The minimum Gasteiger partial charge on any atom is -0.493 e. The zero-order valence-electron chi connectivity index (χ0n) is 19.4. The standard InChI is InChI=1S/C23H28N4O6/c1-6-33-20-14(2)12-25-21-19(20)22(29)27(23(30)26(21)3)13-18(28)24-10-9-15-7-8-16(31-4)17(11-15)32-5/h7-8,11-12H,6,9-10,13H2,1-5H3,(H,24,28). The van der Waals surface area contributed by atoms with Crippen LogP contribution in [0.15, 0.2) is 34.0 Å². The Labute approximate surface area is 190 Å². The molecule has 0 saturated carbocycles. The zero-order valence-corrected chi connectivity index (χ0v) is 19.4. The van der Waals surface area contributed by atoms with Crippen molar-refractivity contribution in [1.29, 1.82) is 0 Å². The molecule has 176 valence electrons. The van der Waals surface area contributed by atoms with Crippen molar-refractivity contribution in [1.82, 2.24) is 19.4 Å². The van der Waals surface area contributed by atoms with Crippen molar-refractivity contribution in [2.24, 2.45) is 7.05 Å². The highest BCUT2D eigenvalue weighted by Gasteiger charge is 2.19. The highest BCUT2D eigenvalue weighted by molar-refractivity contribution is 5.83. The van der Waals surface area contributed by atoms with Crippen molar-refractivity contribution in [3.63, 3.8) is 0 Å². The number of carbonyl (C=O) groups excluding carboxylic acids is 1. The molecule has 3 aromatic rings. The van der Waals surface area contributed by atoms with Crippen LogP contribution in [0.4, 0.5) is 0 Å². The minimum absolute atomic E-state index is 0.178. The largest absolute Gasteiger partial charge is 0.493 e. The van der Waals surface area contributed by atoms with E-state index in [1.165, 1.54) is 11.6 Å². The van der Waals surface area contributed by atoms with Crippen LogP contribution in [-0.4, -0.2) is 47.4 Å². The van der Waals surface area contributed by atoms with E-state index in [0.717, 1.165) is 10.1 Å². The van der Waals surface area contributed by atoms with Gasteiger partial charge in [-0.2, -0.15) is 0 Å². The second-order valence-electron chi connectivity index (χ2n) is 7.42. The molecule has 0 saturated heterocycles. The molecule has 1 aromatic carbocycles. The molecule has 2 aromatic heterocycles. The van der Waals surface area contributed by atoms with Crippen LogP contribution >= 0.6 is 0 Å². The molecular weight excluding hydrogens is 428 g/mol. The Balaban J connectivity index is 1.80. The number of rotatable bonds is 9. The van der Waals surface area contributed by atoms with Gasteiger partial charge in [-0.3, -0.25) is 14.2 Å². The quantitative estimate of drug-likeness (QED) is 0.514. The van der Waals surface area contributed by atoms with E-state index in [4.69, 9.17) is 14.2 Å². The van der Waals surface area contributed by atoms with Crippen LogP contribution in [0.25, 0.3) is 11.0 Å². The van der Waals surface area contributed by atoms with E-state index in [9.17, 15) is 14.4 Å². The topological polar surface area (TPSA) is 114 Å². The van der Waals surface area contributed by atoms with Gasteiger partial charge in [0.15, 0.2) is 17.1 Å². The van der Waals surface area contributed by atoms with Gasteiger partial charge < -0.3 is 19.5 Å². The summed E-state index contributed by atoms with van der Waals surface area (Å²) in [4.78, 5) is 42.7. The van der Waals surface area contributed by atoms with E-state index in [-0.39, 0.29) is 11.0 Å². The van der Waals surface area contributed by atoms with Crippen LogP contribution in [0.1, 0.15) is 18.1 Å². The maximum atomic E-state index is 13.1. The first-order chi connectivity index (χ1) is 15.8. The summed E-state index contributed by atoms with van der Waals surface area (Å²) < 4.78 is 18.3. The zero-order chi connectivity index (χ0) is 24.1. The van der Waals surface area contributed by atoms with Crippen LogP contribution in [-0.2, 0) is 24.8 Å². The van der Waals surface area contributed by atoms with E-state index in [2.05, 4.69) is 10.3 Å². The van der Waals surface area contributed by atoms with Gasteiger partial charge >= 0.3 is 5.69 Å². The lowest BCUT2D eigenvalue weighted by Gasteiger charge is -2.14. The number of fused-ring (bicyclic) bond motifs is 1.